The average Bonchev–Trinajstić information content (AvgIpc) is 2.25. The first-order valence-corrected chi connectivity index (χ1v) is 7.42. The van der Waals surface area contributed by atoms with Crippen LogP contribution < -0.4 is 0 Å². The minimum absolute atomic E-state index is 0.103. The van der Waals surface area contributed by atoms with Crippen molar-refractivity contribution in [1.82, 2.24) is 0 Å². The molecular weight excluding hydrogens is 258 g/mol. The number of carboxylic acid groups (broad SMARTS) is 1. The Hall–Kier alpha value is -1.10. The molecule has 20 heavy (non-hydrogen) atoms. The first-order valence-electron chi connectivity index (χ1n) is 7.42. The lowest BCUT2D eigenvalue weighted by molar-refractivity contribution is -0.873. The van der Waals surface area contributed by atoms with Crippen molar-refractivity contribution in [3.05, 3.63) is 0 Å². The molecule has 1 N–H and O–H groups in total. The summed E-state index contributed by atoms with van der Waals surface area (Å²) >= 11 is 0. The number of carbonyl (C=O) groups is 2. The summed E-state index contributed by atoms with van der Waals surface area (Å²) in [4.78, 5) is 23.1. The summed E-state index contributed by atoms with van der Waals surface area (Å²) in [5.41, 5.74) is 0. The molecule has 0 saturated heterocycles. The summed E-state index contributed by atoms with van der Waals surface area (Å²) in [5.74, 6) is -1.28. The fraction of sp³-hybridized carbons (Fsp3) is 0.867. The number of quaternary nitrogens is 1. The number of nitrogens with zero attached hydrogens (tertiary/aromatic N) is 1. The number of rotatable bonds is 10. The number of likely N-dealkylation sites (N-methyl/N-ethyl adjacent to an activating group) is 1. The maximum Gasteiger partial charge on any atom is 0.309 e. The average molecular weight is 288 g/mol. The molecule has 0 aliphatic carbocycles. The van der Waals surface area contributed by atoms with E-state index < -0.39 is 12.1 Å². The monoisotopic (exact) mass is 288 g/mol. The fourth-order valence-electron chi connectivity index (χ4n) is 2.29. The summed E-state index contributed by atoms with van der Waals surface area (Å²) in [5, 5.41) is 8.94. The van der Waals surface area contributed by atoms with E-state index in [1.54, 1.807) is 0 Å². The van der Waals surface area contributed by atoms with Crippen LogP contribution in [0.25, 0.3) is 0 Å². The maximum absolute atomic E-state index is 12.2. The number of ether oxygens (including phenoxy) is 1. The van der Waals surface area contributed by atoms with E-state index in [1.807, 2.05) is 35.0 Å². The van der Waals surface area contributed by atoms with Crippen molar-refractivity contribution >= 4 is 11.9 Å². The van der Waals surface area contributed by atoms with Crippen molar-refractivity contribution in [3.8, 4) is 0 Å². The molecule has 5 heteroatoms. The minimum atomic E-state index is -0.932. The van der Waals surface area contributed by atoms with Crippen LogP contribution in [0.15, 0.2) is 0 Å². The van der Waals surface area contributed by atoms with Crippen molar-refractivity contribution in [2.75, 3.05) is 27.7 Å². The Morgan fingerprint density at radius 1 is 1.10 bits per heavy atom. The van der Waals surface area contributed by atoms with E-state index in [0.29, 0.717) is 11.0 Å². The van der Waals surface area contributed by atoms with E-state index in [2.05, 4.69) is 0 Å². The molecule has 0 saturated carbocycles. The van der Waals surface area contributed by atoms with Crippen LogP contribution >= 0.6 is 0 Å². The molecule has 0 aromatic carbocycles. The molecule has 118 valence electrons. The van der Waals surface area contributed by atoms with E-state index in [9.17, 15) is 9.59 Å². The molecular formula is C15H30NO4+. The van der Waals surface area contributed by atoms with Gasteiger partial charge in [-0.3, -0.25) is 9.59 Å². The van der Waals surface area contributed by atoms with Gasteiger partial charge in [-0.1, -0.05) is 26.7 Å². The summed E-state index contributed by atoms with van der Waals surface area (Å²) in [6, 6.07) is 0. The Morgan fingerprint density at radius 3 is 1.95 bits per heavy atom. The van der Waals surface area contributed by atoms with Crippen LogP contribution in [0.5, 0.6) is 0 Å². The van der Waals surface area contributed by atoms with E-state index in [1.165, 1.54) is 0 Å². The molecule has 0 bridgehead atoms. The standard InChI is InChI=1S/C15H29NO4/c1-6-8-12(9-7-2)15(19)20-13(10-14(17)18)11-16(3,4)5/h12-13H,6-11H2,1-5H3/p+1. The van der Waals surface area contributed by atoms with Gasteiger partial charge in [0.05, 0.1) is 33.5 Å². The first-order chi connectivity index (χ1) is 9.19. The van der Waals surface area contributed by atoms with Crippen molar-refractivity contribution in [2.24, 2.45) is 5.92 Å². The molecule has 0 aliphatic rings. The van der Waals surface area contributed by atoms with E-state index in [4.69, 9.17) is 9.84 Å². The van der Waals surface area contributed by atoms with Crippen LogP contribution in [0.1, 0.15) is 46.0 Å². The van der Waals surface area contributed by atoms with Crippen LogP contribution in [-0.2, 0) is 14.3 Å². The molecule has 0 aromatic rings. The molecule has 1 unspecified atom stereocenters. The van der Waals surface area contributed by atoms with Crippen LogP contribution in [0.4, 0.5) is 0 Å². The zero-order valence-corrected chi connectivity index (χ0v) is 13.5. The van der Waals surface area contributed by atoms with Gasteiger partial charge in [0.15, 0.2) is 6.10 Å². The SMILES string of the molecule is CCCC(CCC)C(=O)OC(CC(=O)O)C[N+](C)(C)C. The Balaban J connectivity index is 4.67. The Bertz CT molecular complexity index is 303. The third-order valence-electron chi connectivity index (χ3n) is 3.04. The van der Waals surface area contributed by atoms with Gasteiger partial charge in [-0.2, -0.15) is 0 Å². The van der Waals surface area contributed by atoms with Gasteiger partial charge in [-0.05, 0) is 12.8 Å². The minimum Gasteiger partial charge on any atom is -0.481 e. The van der Waals surface area contributed by atoms with Gasteiger partial charge in [-0.25, -0.2) is 0 Å². The molecule has 1 atom stereocenters. The van der Waals surface area contributed by atoms with Gasteiger partial charge in [-0.15, -0.1) is 0 Å². The predicted molar refractivity (Wildman–Crippen MR) is 78.3 cm³/mol. The third kappa shape index (κ3) is 8.91. The Morgan fingerprint density at radius 2 is 1.60 bits per heavy atom. The van der Waals surface area contributed by atoms with Crippen LogP contribution in [0.2, 0.25) is 0 Å². The molecule has 0 aromatic heterocycles. The van der Waals surface area contributed by atoms with Gasteiger partial charge < -0.3 is 14.3 Å². The van der Waals surface area contributed by atoms with Crippen molar-refractivity contribution in [3.63, 3.8) is 0 Å². The molecule has 0 fully saturated rings. The molecule has 0 rings (SSSR count). The van der Waals surface area contributed by atoms with Crippen LogP contribution in [-0.4, -0.2) is 55.3 Å². The summed E-state index contributed by atoms with van der Waals surface area (Å²) in [6.07, 6.45) is 2.77. The van der Waals surface area contributed by atoms with E-state index in [-0.39, 0.29) is 18.3 Å². The van der Waals surface area contributed by atoms with Crippen molar-refractivity contribution in [2.45, 2.75) is 52.1 Å². The number of carbonyl (C=O) groups excluding carboxylic acids is 1. The highest BCUT2D eigenvalue weighted by Gasteiger charge is 2.27. The largest absolute Gasteiger partial charge is 0.481 e. The smallest absolute Gasteiger partial charge is 0.309 e. The van der Waals surface area contributed by atoms with Gasteiger partial charge in [0.2, 0.25) is 0 Å². The van der Waals surface area contributed by atoms with Gasteiger partial charge in [0, 0.05) is 0 Å². The van der Waals surface area contributed by atoms with Crippen LogP contribution in [0, 0.1) is 5.92 Å². The van der Waals surface area contributed by atoms with Gasteiger partial charge in [0.25, 0.3) is 0 Å². The second-order valence-corrected chi connectivity index (χ2v) is 6.40. The van der Waals surface area contributed by atoms with Gasteiger partial charge in [0.1, 0.15) is 6.54 Å². The van der Waals surface area contributed by atoms with Crippen LogP contribution in [0.3, 0.4) is 0 Å². The van der Waals surface area contributed by atoms with E-state index >= 15 is 0 Å². The number of hydrogen-bond acceptors (Lipinski definition) is 3. The predicted octanol–water partition coefficient (Wildman–Crippen LogP) is 2.30. The summed E-state index contributed by atoms with van der Waals surface area (Å²) < 4.78 is 6.04. The third-order valence-corrected chi connectivity index (χ3v) is 3.04. The van der Waals surface area contributed by atoms with Crippen molar-refractivity contribution in [1.29, 1.82) is 0 Å². The van der Waals surface area contributed by atoms with E-state index in [0.717, 1.165) is 25.7 Å². The second-order valence-electron chi connectivity index (χ2n) is 6.40. The molecule has 0 radical (unpaired) electrons. The number of hydrogen-bond donors (Lipinski definition) is 1. The van der Waals surface area contributed by atoms with Gasteiger partial charge >= 0.3 is 11.9 Å². The molecule has 0 heterocycles. The van der Waals surface area contributed by atoms with Crippen molar-refractivity contribution < 1.29 is 23.9 Å². The maximum atomic E-state index is 12.2. The normalized spacial score (nSPS) is 13.3. The quantitative estimate of drug-likeness (QED) is 0.495. The number of carboxylic acids is 1. The highest BCUT2D eigenvalue weighted by atomic mass is 16.5. The summed E-state index contributed by atoms with van der Waals surface area (Å²) in [6.45, 7) is 4.58. The second kappa shape index (κ2) is 8.95. The zero-order chi connectivity index (χ0) is 15.8. The lowest BCUT2D eigenvalue weighted by Gasteiger charge is -2.29. The lowest BCUT2D eigenvalue weighted by Crippen LogP contribution is -2.44. The Labute approximate surface area is 122 Å². The molecule has 0 spiro atoms. The summed E-state index contributed by atoms with van der Waals surface area (Å²) in [7, 11) is 5.87. The molecule has 5 nitrogen and oxygen atoms in total. The number of esters is 1. The molecule has 0 aliphatic heterocycles. The highest BCUT2D eigenvalue weighted by Crippen LogP contribution is 2.17. The highest BCUT2D eigenvalue weighted by molar-refractivity contribution is 5.73. The Kier molecular flexibility index (Phi) is 8.46. The zero-order valence-electron chi connectivity index (χ0n) is 13.5. The topological polar surface area (TPSA) is 63.6 Å². The lowest BCUT2D eigenvalue weighted by atomic mass is 9.98. The first kappa shape index (κ1) is 18.9. The number of aliphatic carboxylic acids is 1. The fourth-order valence-corrected chi connectivity index (χ4v) is 2.29. The molecule has 0 amide bonds.